The second-order valence-corrected chi connectivity index (χ2v) is 7.72. The zero-order valence-corrected chi connectivity index (χ0v) is 13.2. The number of hydrogen-bond donors (Lipinski definition) is 1. The molecule has 2 aliphatic carbocycles. The molecule has 0 radical (unpaired) electrons. The molecule has 4 rings (SSSR count). The van der Waals surface area contributed by atoms with Crippen LogP contribution < -0.4 is 5.01 Å². The highest BCUT2D eigenvalue weighted by Gasteiger charge is 2.78. The molecule has 112 valence electrons. The summed E-state index contributed by atoms with van der Waals surface area (Å²) in [5, 5.41) is 22.2. The van der Waals surface area contributed by atoms with Gasteiger partial charge in [0, 0.05) is 5.41 Å². The van der Waals surface area contributed by atoms with Crippen LogP contribution in [-0.4, -0.2) is 16.9 Å². The van der Waals surface area contributed by atoms with E-state index in [-0.39, 0.29) is 16.9 Å². The lowest BCUT2D eigenvalue weighted by Crippen LogP contribution is -2.60. The first-order chi connectivity index (χ1) is 9.82. The van der Waals surface area contributed by atoms with E-state index in [1.54, 1.807) is 5.01 Å². The van der Waals surface area contributed by atoms with E-state index in [4.69, 9.17) is 0 Å². The first-order valence-electron chi connectivity index (χ1n) is 7.82. The van der Waals surface area contributed by atoms with Crippen LogP contribution >= 0.6 is 0 Å². The van der Waals surface area contributed by atoms with Crippen LogP contribution in [0.15, 0.2) is 34.6 Å². The zero-order chi connectivity index (χ0) is 15.0. The van der Waals surface area contributed by atoms with Crippen molar-refractivity contribution >= 4 is 5.69 Å². The van der Waals surface area contributed by atoms with Gasteiger partial charge in [0.15, 0.2) is 5.72 Å². The molecule has 4 unspecified atom stereocenters. The van der Waals surface area contributed by atoms with Gasteiger partial charge in [0.2, 0.25) is 0 Å². The topological polar surface area (TPSA) is 48.2 Å². The molecule has 2 bridgehead atoms. The molecule has 0 amide bonds. The summed E-state index contributed by atoms with van der Waals surface area (Å²) in [6, 6.07) is 8.06. The van der Waals surface area contributed by atoms with E-state index >= 15 is 0 Å². The van der Waals surface area contributed by atoms with Crippen LogP contribution in [0.3, 0.4) is 0 Å². The molecule has 21 heavy (non-hydrogen) atoms. The van der Waals surface area contributed by atoms with Gasteiger partial charge in [0.1, 0.15) is 6.04 Å². The van der Waals surface area contributed by atoms with Gasteiger partial charge in [-0.05, 0) is 43.2 Å². The van der Waals surface area contributed by atoms with Crippen LogP contribution in [0.4, 0.5) is 5.69 Å². The van der Waals surface area contributed by atoms with Crippen LogP contribution in [0, 0.1) is 23.7 Å². The van der Waals surface area contributed by atoms with Crippen molar-refractivity contribution in [2.24, 2.45) is 27.1 Å². The molecule has 2 fully saturated rings. The predicted molar refractivity (Wildman–Crippen MR) is 81.9 cm³/mol. The Balaban J connectivity index is 1.84. The summed E-state index contributed by atoms with van der Waals surface area (Å²) in [4.78, 5) is 0. The fraction of sp³-hybridized carbons (Fsp3) is 0.647. The number of fused-ring (bicyclic) bond motifs is 5. The van der Waals surface area contributed by atoms with Crippen molar-refractivity contribution in [1.29, 1.82) is 0 Å². The van der Waals surface area contributed by atoms with E-state index in [0.29, 0.717) is 5.92 Å². The fourth-order valence-electron chi connectivity index (χ4n) is 4.98. The molecule has 1 N–H and O–H groups in total. The van der Waals surface area contributed by atoms with E-state index in [9.17, 15) is 5.11 Å². The molecule has 0 spiro atoms. The Morgan fingerprint density at radius 3 is 2.52 bits per heavy atom. The third kappa shape index (κ3) is 1.26. The van der Waals surface area contributed by atoms with Crippen molar-refractivity contribution in [2.45, 2.75) is 52.3 Å². The van der Waals surface area contributed by atoms with Gasteiger partial charge in [-0.2, -0.15) is 5.11 Å². The lowest BCUT2D eigenvalue weighted by Gasteiger charge is -2.47. The monoisotopic (exact) mass is 285 g/mol. The molecule has 4 atom stereocenters. The van der Waals surface area contributed by atoms with Crippen LogP contribution in [-0.2, 0) is 0 Å². The average molecular weight is 285 g/mol. The number of nitrogens with zero attached hydrogens (tertiary/aromatic N) is 3. The van der Waals surface area contributed by atoms with Gasteiger partial charge < -0.3 is 5.11 Å². The molecule has 4 nitrogen and oxygen atoms in total. The molecule has 2 saturated carbocycles. The maximum absolute atomic E-state index is 11.6. The molecular formula is C17H23N3O. The third-order valence-corrected chi connectivity index (χ3v) is 6.78. The van der Waals surface area contributed by atoms with Crippen molar-refractivity contribution in [3.05, 3.63) is 29.8 Å². The van der Waals surface area contributed by atoms with Crippen molar-refractivity contribution < 1.29 is 5.11 Å². The van der Waals surface area contributed by atoms with E-state index in [1.165, 1.54) is 5.56 Å². The van der Waals surface area contributed by atoms with E-state index in [2.05, 4.69) is 50.2 Å². The summed E-state index contributed by atoms with van der Waals surface area (Å²) in [5.41, 5.74) is 1.03. The fourth-order valence-corrected chi connectivity index (χ4v) is 4.98. The molecule has 4 heteroatoms. The van der Waals surface area contributed by atoms with E-state index < -0.39 is 5.72 Å². The lowest BCUT2D eigenvalue weighted by molar-refractivity contribution is -0.0888. The third-order valence-electron chi connectivity index (χ3n) is 6.78. The Labute approximate surface area is 125 Å². The van der Waals surface area contributed by atoms with Crippen LogP contribution in [0.25, 0.3) is 0 Å². The summed E-state index contributed by atoms with van der Waals surface area (Å²) < 4.78 is 0. The maximum atomic E-state index is 11.6. The van der Waals surface area contributed by atoms with Gasteiger partial charge in [-0.15, -0.1) is 0 Å². The van der Waals surface area contributed by atoms with Crippen molar-refractivity contribution in [2.75, 3.05) is 5.01 Å². The number of hydrogen-bond acceptors (Lipinski definition) is 4. The first-order valence-corrected chi connectivity index (χ1v) is 7.82. The van der Waals surface area contributed by atoms with E-state index in [0.717, 1.165) is 18.5 Å². The summed E-state index contributed by atoms with van der Waals surface area (Å²) in [7, 11) is 0. The van der Waals surface area contributed by atoms with E-state index in [1.807, 2.05) is 12.1 Å². The van der Waals surface area contributed by atoms with Crippen molar-refractivity contribution in [1.82, 2.24) is 0 Å². The summed E-state index contributed by atoms with van der Waals surface area (Å²) in [6.45, 7) is 8.84. The maximum Gasteiger partial charge on any atom is 0.190 e. The van der Waals surface area contributed by atoms with Crippen molar-refractivity contribution in [3.8, 4) is 0 Å². The SMILES string of the molecule is Cc1ccc(N2N=NC3C4CCC(C)(C4(C)C)C32O)cc1. The number of aliphatic hydroxyl groups is 1. The molecular weight excluding hydrogens is 262 g/mol. The Morgan fingerprint density at radius 2 is 1.86 bits per heavy atom. The molecule has 0 aromatic heterocycles. The van der Waals surface area contributed by atoms with Gasteiger partial charge in [-0.1, -0.05) is 43.7 Å². The molecule has 3 aliphatic rings. The molecule has 1 aromatic carbocycles. The summed E-state index contributed by atoms with van der Waals surface area (Å²) in [5.74, 6) is 0.409. The number of aryl methyl sites for hydroxylation is 1. The molecule has 0 saturated heterocycles. The Morgan fingerprint density at radius 1 is 1.19 bits per heavy atom. The van der Waals surface area contributed by atoms with Crippen LogP contribution in [0.5, 0.6) is 0 Å². The highest BCUT2D eigenvalue weighted by atomic mass is 16.3. The Hall–Kier alpha value is -1.42. The smallest absolute Gasteiger partial charge is 0.190 e. The Bertz CT molecular complexity index is 623. The standard InChI is InChI=1S/C17H23N3O/c1-11-5-7-12(8-6-11)20-17(21)14(18-19-20)13-9-10-16(17,4)15(13,2)3/h5-8,13-14,21H,9-10H2,1-4H3. The van der Waals surface area contributed by atoms with Crippen LogP contribution in [0.2, 0.25) is 0 Å². The minimum absolute atomic E-state index is 0.0782. The minimum atomic E-state index is -0.991. The zero-order valence-electron chi connectivity index (χ0n) is 13.2. The summed E-state index contributed by atoms with van der Waals surface area (Å²) >= 11 is 0. The average Bonchev–Trinajstić information content (AvgIpc) is 2.93. The quantitative estimate of drug-likeness (QED) is 0.855. The number of anilines is 1. The number of rotatable bonds is 1. The molecule has 1 aliphatic heterocycles. The van der Waals surface area contributed by atoms with Gasteiger partial charge in [0.25, 0.3) is 0 Å². The highest BCUT2D eigenvalue weighted by molar-refractivity contribution is 5.52. The normalized spacial score (nSPS) is 42.6. The van der Waals surface area contributed by atoms with Crippen molar-refractivity contribution in [3.63, 3.8) is 0 Å². The highest BCUT2D eigenvalue weighted by Crippen LogP contribution is 2.72. The predicted octanol–water partition coefficient (Wildman–Crippen LogP) is 3.70. The Kier molecular flexibility index (Phi) is 2.31. The second-order valence-electron chi connectivity index (χ2n) is 7.72. The largest absolute Gasteiger partial charge is 0.367 e. The first kappa shape index (κ1) is 13.3. The van der Waals surface area contributed by atoms with Gasteiger partial charge in [-0.25, -0.2) is 5.01 Å². The van der Waals surface area contributed by atoms with Gasteiger partial charge >= 0.3 is 0 Å². The number of benzene rings is 1. The van der Waals surface area contributed by atoms with Crippen LogP contribution in [0.1, 0.15) is 39.2 Å². The lowest BCUT2D eigenvalue weighted by atomic mass is 9.67. The molecule has 1 heterocycles. The minimum Gasteiger partial charge on any atom is -0.367 e. The second kappa shape index (κ2) is 3.67. The summed E-state index contributed by atoms with van der Waals surface area (Å²) in [6.07, 6.45) is 2.17. The molecule has 1 aromatic rings. The van der Waals surface area contributed by atoms with Gasteiger partial charge in [0.05, 0.1) is 5.69 Å². The van der Waals surface area contributed by atoms with Gasteiger partial charge in [-0.3, -0.25) is 0 Å².